The van der Waals surface area contributed by atoms with Crippen molar-refractivity contribution < 1.29 is 0 Å². The number of hydrogen-bond donors (Lipinski definition) is 1. The summed E-state index contributed by atoms with van der Waals surface area (Å²) in [7, 11) is 0. The van der Waals surface area contributed by atoms with Crippen LogP contribution in [-0.2, 0) is 6.54 Å². The van der Waals surface area contributed by atoms with Crippen LogP contribution >= 0.6 is 22.6 Å². The minimum absolute atomic E-state index is 0.481. The summed E-state index contributed by atoms with van der Waals surface area (Å²) < 4.78 is 0.985. The van der Waals surface area contributed by atoms with E-state index < -0.39 is 0 Å². The average Bonchev–Trinajstić information content (AvgIpc) is 2.93. The van der Waals surface area contributed by atoms with Gasteiger partial charge in [0.05, 0.1) is 18.0 Å². The molecule has 1 aliphatic carbocycles. The lowest BCUT2D eigenvalue weighted by Crippen LogP contribution is -2.24. The molecular weight excluding hydrogens is 471 g/mol. The van der Waals surface area contributed by atoms with Crippen molar-refractivity contribution in [2.45, 2.75) is 44.7 Å². The predicted molar refractivity (Wildman–Crippen MR) is 126 cm³/mol. The fourth-order valence-corrected chi connectivity index (χ4v) is 4.95. The summed E-state index contributed by atoms with van der Waals surface area (Å²) in [6, 6.07) is 19.4. The van der Waals surface area contributed by atoms with Gasteiger partial charge in [0.2, 0.25) is 5.95 Å². The fraction of sp³-hybridized carbons (Fsp3) is 0.292. The van der Waals surface area contributed by atoms with Gasteiger partial charge in [0.25, 0.3) is 0 Å². The standard InChI is InChI=1S/C24H23IN4/c25-23-20-15-26-21(16-9-3-1-4-10-16)18-13-7-8-14-19(18)22(20)28-24(29-23)27-17-11-5-2-6-12-17/h1,3-4,7-10,13-14,17H,2,5-6,11-12,15H2,(H,27,28,29). The number of rotatable bonds is 3. The summed E-state index contributed by atoms with van der Waals surface area (Å²) in [5.74, 6) is 0.748. The Labute approximate surface area is 185 Å². The van der Waals surface area contributed by atoms with Gasteiger partial charge in [-0.05, 0) is 35.4 Å². The molecule has 0 spiro atoms. The number of fused-ring (bicyclic) bond motifs is 3. The molecule has 1 saturated carbocycles. The van der Waals surface area contributed by atoms with E-state index in [2.05, 4.69) is 76.4 Å². The molecule has 29 heavy (non-hydrogen) atoms. The minimum Gasteiger partial charge on any atom is -0.351 e. The molecule has 0 amide bonds. The maximum absolute atomic E-state index is 5.00. The lowest BCUT2D eigenvalue weighted by molar-refractivity contribution is 0.461. The summed E-state index contributed by atoms with van der Waals surface area (Å²) in [5.41, 5.74) is 6.55. The third kappa shape index (κ3) is 3.80. The molecule has 4 nitrogen and oxygen atoms in total. The Balaban J connectivity index is 1.59. The first-order valence-electron chi connectivity index (χ1n) is 10.3. The van der Waals surface area contributed by atoms with E-state index in [1.54, 1.807) is 0 Å². The summed E-state index contributed by atoms with van der Waals surface area (Å²) in [4.78, 5) is 14.8. The van der Waals surface area contributed by atoms with Crippen LogP contribution in [0.4, 0.5) is 5.95 Å². The number of nitrogens with one attached hydrogen (secondary N) is 1. The number of nitrogens with zero attached hydrogens (tertiary/aromatic N) is 3. The summed E-state index contributed by atoms with van der Waals surface area (Å²) in [6.45, 7) is 0.593. The van der Waals surface area contributed by atoms with Crippen LogP contribution in [0.2, 0.25) is 0 Å². The molecule has 1 fully saturated rings. The van der Waals surface area contributed by atoms with E-state index in [9.17, 15) is 0 Å². The van der Waals surface area contributed by atoms with Crippen molar-refractivity contribution >= 4 is 34.3 Å². The van der Waals surface area contributed by atoms with E-state index in [0.29, 0.717) is 12.6 Å². The van der Waals surface area contributed by atoms with Crippen LogP contribution in [0.5, 0.6) is 0 Å². The Kier molecular flexibility index (Phi) is 5.31. The molecule has 3 aromatic rings. The van der Waals surface area contributed by atoms with Crippen molar-refractivity contribution in [1.82, 2.24) is 9.97 Å². The van der Waals surface area contributed by atoms with Crippen LogP contribution in [0.3, 0.4) is 0 Å². The third-order valence-electron chi connectivity index (χ3n) is 5.77. The maximum atomic E-state index is 5.00. The zero-order valence-electron chi connectivity index (χ0n) is 16.2. The average molecular weight is 494 g/mol. The molecular formula is C24H23IN4. The summed E-state index contributed by atoms with van der Waals surface area (Å²) >= 11 is 2.34. The Hall–Kier alpha value is -2.28. The molecule has 1 N–H and O–H groups in total. The normalized spacial score (nSPS) is 16.4. The van der Waals surface area contributed by atoms with Gasteiger partial charge < -0.3 is 5.32 Å². The van der Waals surface area contributed by atoms with E-state index in [1.165, 1.54) is 32.1 Å². The van der Waals surface area contributed by atoms with Gasteiger partial charge in [-0.3, -0.25) is 4.99 Å². The number of hydrogen-bond acceptors (Lipinski definition) is 4. The van der Waals surface area contributed by atoms with Crippen LogP contribution in [0.25, 0.3) is 11.3 Å². The van der Waals surface area contributed by atoms with Gasteiger partial charge in [0.1, 0.15) is 3.70 Å². The Morgan fingerprint density at radius 1 is 0.828 bits per heavy atom. The third-order valence-corrected chi connectivity index (χ3v) is 6.67. The van der Waals surface area contributed by atoms with Gasteiger partial charge in [-0.25, -0.2) is 9.97 Å². The molecule has 0 bridgehead atoms. The molecule has 0 radical (unpaired) electrons. The molecule has 2 aliphatic rings. The van der Waals surface area contributed by atoms with Crippen LogP contribution in [0.1, 0.15) is 48.8 Å². The van der Waals surface area contributed by atoms with E-state index in [4.69, 9.17) is 15.0 Å². The highest BCUT2D eigenvalue weighted by Crippen LogP contribution is 2.34. The van der Waals surface area contributed by atoms with Gasteiger partial charge in [-0.1, -0.05) is 73.9 Å². The highest BCUT2D eigenvalue weighted by atomic mass is 127. The minimum atomic E-state index is 0.481. The first kappa shape index (κ1) is 18.7. The zero-order valence-corrected chi connectivity index (χ0v) is 18.4. The van der Waals surface area contributed by atoms with Crippen LogP contribution in [0, 0.1) is 3.70 Å². The fourth-order valence-electron chi connectivity index (χ4n) is 4.30. The predicted octanol–water partition coefficient (Wildman–Crippen LogP) is 5.84. The molecule has 0 unspecified atom stereocenters. The van der Waals surface area contributed by atoms with Gasteiger partial charge in [0, 0.05) is 28.3 Å². The maximum Gasteiger partial charge on any atom is 0.224 e. The van der Waals surface area contributed by atoms with Crippen LogP contribution in [-0.4, -0.2) is 21.7 Å². The van der Waals surface area contributed by atoms with Gasteiger partial charge in [-0.2, -0.15) is 0 Å². The number of aliphatic imine (C=N–C) groups is 1. The molecule has 2 heterocycles. The smallest absolute Gasteiger partial charge is 0.224 e. The zero-order chi connectivity index (χ0) is 19.6. The van der Waals surface area contributed by atoms with Crippen molar-refractivity contribution in [3.8, 4) is 11.3 Å². The summed E-state index contributed by atoms with van der Waals surface area (Å²) in [5, 5.41) is 3.60. The van der Waals surface area contributed by atoms with Crippen LogP contribution in [0.15, 0.2) is 59.6 Å². The van der Waals surface area contributed by atoms with E-state index in [-0.39, 0.29) is 0 Å². The molecule has 1 aromatic heterocycles. The van der Waals surface area contributed by atoms with Gasteiger partial charge in [0.15, 0.2) is 0 Å². The van der Waals surface area contributed by atoms with Gasteiger partial charge in [-0.15, -0.1) is 0 Å². The van der Waals surface area contributed by atoms with Crippen LogP contribution < -0.4 is 5.32 Å². The lowest BCUT2D eigenvalue weighted by atomic mass is 9.95. The molecule has 5 rings (SSSR count). The second-order valence-electron chi connectivity index (χ2n) is 7.72. The number of halogens is 1. The monoisotopic (exact) mass is 494 g/mol. The highest BCUT2D eigenvalue weighted by molar-refractivity contribution is 14.1. The first-order valence-corrected chi connectivity index (χ1v) is 11.4. The molecule has 2 aromatic carbocycles. The molecule has 5 heteroatoms. The van der Waals surface area contributed by atoms with Crippen molar-refractivity contribution in [2.24, 2.45) is 4.99 Å². The number of benzene rings is 2. The van der Waals surface area contributed by atoms with Crippen molar-refractivity contribution in [3.63, 3.8) is 0 Å². The largest absolute Gasteiger partial charge is 0.351 e. The summed E-state index contributed by atoms with van der Waals surface area (Å²) in [6.07, 6.45) is 6.32. The Morgan fingerprint density at radius 2 is 1.55 bits per heavy atom. The van der Waals surface area contributed by atoms with Crippen molar-refractivity contribution in [3.05, 3.63) is 75.0 Å². The molecule has 146 valence electrons. The van der Waals surface area contributed by atoms with Crippen molar-refractivity contribution in [2.75, 3.05) is 5.32 Å². The van der Waals surface area contributed by atoms with E-state index >= 15 is 0 Å². The first-order chi connectivity index (χ1) is 14.3. The second-order valence-corrected chi connectivity index (χ2v) is 8.74. The Morgan fingerprint density at radius 3 is 2.34 bits per heavy atom. The highest BCUT2D eigenvalue weighted by Gasteiger charge is 2.23. The lowest BCUT2D eigenvalue weighted by Gasteiger charge is -2.23. The molecule has 1 aliphatic heterocycles. The second kappa shape index (κ2) is 8.22. The van der Waals surface area contributed by atoms with Crippen molar-refractivity contribution in [1.29, 1.82) is 0 Å². The SMILES string of the molecule is Ic1nc(NC2CCCCC2)nc2c1CN=C(c1ccccc1)c1ccccc1-2. The van der Waals surface area contributed by atoms with E-state index in [0.717, 1.165) is 43.3 Å². The number of aromatic nitrogens is 2. The topological polar surface area (TPSA) is 50.2 Å². The number of anilines is 1. The Bertz CT molecular complexity index is 1060. The molecule has 0 saturated heterocycles. The quantitative estimate of drug-likeness (QED) is 0.368. The molecule has 0 atom stereocenters. The van der Waals surface area contributed by atoms with Gasteiger partial charge >= 0.3 is 0 Å². The van der Waals surface area contributed by atoms with E-state index in [1.807, 2.05) is 6.07 Å².